The summed E-state index contributed by atoms with van der Waals surface area (Å²) >= 11 is 0. The Kier molecular flexibility index (Phi) is 8.53. The van der Waals surface area contributed by atoms with Crippen LogP contribution in [0.25, 0.3) is 0 Å². The maximum Gasteiger partial charge on any atom is 0.319 e. The van der Waals surface area contributed by atoms with Gasteiger partial charge in [-0.1, -0.05) is 74.0 Å². The first-order chi connectivity index (χ1) is 18.4. The van der Waals surface area contributed by atoms with Crippen molar-refractivity contribution in [1.82, 2.24) is 10.6 Å². The predicted molar refractivity (Wildman–Crippen MR) is 151 cm³/mol. The molecule has 2 atom stereocenters. The Morgan fingerprint density at radius 2 is 1.66 bits per heavy atom. The molecular weight excluding hydrogens is 478 g/mol. The molecule has 1 aliphatic heterocycles. The molecule has 8 nitrogen and oxygen atoms in total. The van der Waals surface area contributed by atoms with Crippen molar-refractivity contribution in [2.75, 3.05) is 17.3 Å². The number of fused-ring (bicyclic) bond motifs is 1. The van der Waals surface area contributed by atoms with Crippen LogP contribution in [0.3, 0.4) is 0 Å². The van der Waals surface area contributed by atoms with Gasteiger partial charge in [0.05, 0.1) is 11.4 Å². The monoisotopic (exact) mass is 511 g/mol. The molecule has 4 amide bonds. The van der Waals surface area contributed by atoms with Crippen LogP contribution in [0, 0.1) is 0 Å². The Labute approximate surface area is 223 Å². The number of nitrogens with zero attached hydrogens (tertiary/aromatic N) is 2. The molecule has 196 valence electrons. The first kappa shape index (κ1) is 26.6. The highest BCUT2D eigenvalue weighted by Crippen LogP contribution is 2.27. The first-order valence-electron chi connectivity index (χ1n) is 12.8. The number of nitrogens with one attached hydrogen (secondary N) is 3. The van der Waals surface area contributed by atoms with E-state index in [-0.39, 0.29) is 5.91 Å². The van der Waals surface area contributed by atoms with Crippen molar-refractivity contribution >= 4 is 34.9 Å². The van der Waals surface area contributed by atoms with Crippen molar-refractivity contribution in [3.05, 3.63) is 95.6 Å². The smallest absolute Gasteiger partial charge is 0.319 e. The van der Waals surface area contributed by atoms with Crippen LogP contribution in [0.4, 0.5) is 16.2 Å². The lowest BCUT2D eigenvalue weighted by atomic mass is 10.0. The molecular formula is C30H33N5O3. The van der Waals surface area contributed by atoms with Crippen molar-refractivity contribution in [2.45, 2.75) is 45.3 Å². The number of amides is 4. The number of hydrogen-bond donors (Lipinski definition) is 3. The predicted octanol–water partition coefficient (Wildman–Crippen LogP) is 4.50. The molecule has 3 aromatic rings. The number of likely N-dealkylation sites (N-methyl/N-ethyl adjacent to an activating group) is 1. The van der Waals surface area contributed by atoms with Gasteiger partial charge in [-0.2, -0.15) is 0 Å². The fourth-order valence-electron chi connectivity index (χ4n) is 4.27. The Hall–Kier alpha value is -4.46. The molecule has 0 saturated carbocycles. The number of benzodiazepines with no additional fused rings is 1. The van der Waals surface area contributed by atoms with E-state index in [0.29, 0.717) is 17.1 Å². The highest BCUT2D eigenvalue weighted by atomic mass is 16.2. The van der Waals surface area contributed by atoms with E-state index in [1.165, 1.54) is 10.5 Å². The average molecular weight is 512 g/mol. The highest BCUT2D eigenvalue weighted by Gasteiger charge is 2.32. The zero-order valence-corrected chi connectivity index (χ0v) is 21.9. The molecule has 0 bridgehead atoms. The van der Waals surface area contributed by atoms with Gasteiger partial charge in [-0.3, -0.25) is 9.59 Å². The van der Waals surface area contributed by atoms with Crippen molar-refractivity contribution in [1.29, 1.82) is 0 Å². The van der Waals surface area contributed by atoms with E-state index < -0.39 is 24.1 Å². The minimum Gasteiger partial charge on any atom is -0.326 e. The Balaban J connectivity index is 1.46. The van der Waals surface area contributed by atoms with Gasteiger partial charge in [-0.25, -0.2) is 9.79 Å². The van der Waals surface area contributed by atoms with E-state index in [1.807, 2.05) is 78.9 Å². The fraction of sp³-hybridized carbons (Fsp3) is 0.267. The first-order valence-corrected chi connectivity index (χ1v) is 12.8. The summed E-state index contributed by atoms with van der Waals surface area (Å²) in [4.78, 5) is 45.0. The van der Waals surface area contributed by atoms with Gasteiger partial charge in [-0.15, -0.1) is 0 Å². The van der Waals surface area contributed by atoms with Crippen LogP contribution in [0.1, 0.15) is 43.4 Å². The number of carbonyl (C=O) groups excluding carboxylic acids is 3. The molecule has 0 spiro atoms. The van der Waals surface area contributed by atoms with Crippen LogP contribution in [0.2, 0.25) is 0 Å². The molecule has 8 heteroatoms. The molecule has 0 unspecified atom stereocenters. The number of aliphatic imine (C=N–C) groups is 1. The lowest BCUT2D eigenvalue weighted by Gasteiger charge is -2.22. The van der Waals surface area contributed by atoms with Gasteiger partial charge in [0.2, 0.25) is 12.1 Å². The second-order valence-electron chi connectivity index (χ2n) is 9.29. The number of anilines is 2. The molecule has 0 radical (unpaired) electrons. The maximum atomic E-state index is 13.3. The average Bonchev–Trinajstić information content (AvgIpc) is 3.03. The number of benzene rings is 3. The molecule has 0 aliphatic carbocycles. The summed E-state index contributed by atoms with van der Waals surface area (Å²) in [7, 11) is 1.66. The van der Waals surface area contributed by atoms with E-state index in [2.05, 4.69) is 27.9 Å². The second-order valence-corrected chi connectivity index (χ2v) is 9.29. The van der Waals surface area contributed by atoms with Gasteiger partial charge in [0.25, 0.3) is 5.91 Å². The Bertz CT molecular complexity index is 1320. The van der Waals surface area contributed by atoms with Crippen LogP contribution < -0.4 is 20.9 Å². The minimum absolute atomic E-state index is 0.378. The SMILES string of the molecule is CCCCc1ccc(NC(=O)N[C@@H](C)C(=O)N[C@H]2N=C(c3ccccc3)c3ccccc3N(C)C2=O)cc1. The molecule has 0 saturated heterocycles. The summed E-state index contributed by atoms with van der Waals surface area (Å²) in [6.07, 6.45) is 2.08. The van der Waals surface area contributed by atoms with Crippen LogP contribution in [-0.2, 0) is 16.0 Å². The number of hydrogen-bond acceptors (Lipinski definition) is 4. The second kappa shape index (κ2) is 12.2. The van der Waals surface area contributed by atoms with Gasteiger partial charge < -0.3 is 20.9 Å². The normalized spacial score (nSPS) is 15.6. The van der Waals surface area contributed by atoms with Gasteiger partial charge in [0, 0.05) is 23.9 Å². The van der Waals surface area contributed by atoms with Crippen LogP contribution >= 0.6 is 0 Å². The molecule has 4 rings (SSSR count). The number of unbranched alkanes of at least 4 members (excludes halogenated alkanes) is 1. The number of urea groups is 1. The van der Waals surface area contributed by atoms with Crippen molar-refractivity contribution in [2.24, 2.45) is 4.99 Å². The van der Waals surface area contributed by atoms with E-state index in [1.54, 1.807) is 14.0 Å². The Morgan fingerprint density at radius 3 is 2.37 bits per heavy atom. The lowest BCUT2D eigenvalue weighted by molar-refractivity contribution is -0.128. The molecule has 3 N–H and O–H groups in total. The molecule has 38 heavy (non-hydrogen) atoms. The van der Waals surface area contributed by atoms with Crippen molar-refractivity contribution in [3.8, 4) is 0 Å². The summed E-state index contributed by atoms with van der Waals surface area (Å²) in [6, 6.07) is 23.2. The molecule has 3 aromatic carbocycles. The molecule has 1 aliphatic rings. The van der Waals surface area contributed by atoms with E-state index in [4.69, 9.17) is 0 Å². The number of para-hydroxylation sites is 1. The topological polar surface area (TPSA) is 103 Å². The molecule has 0 aromatic heterocycles. The molecule has 1 heterocycles. The third-order valence-electron chi connectivity index (χ3n) is 6.44. The third kappa shape index (κ3) is 6.26. The highest BCUT2D eigenvalue weighted by molar-refractivity contribution is 6.20. The largest absolute Gasteiger partial charge is 0.326 e. The summed E-state index contributed by atoms with van der Waals surface area (Å²) in [6.45, 7) is 3.71. The van der Waals surface area contributed by atoms with Crippen LogP contribution in [0.15, 0.2) is 83.9 Å². The van der Waals surface area contributed by atoms with Gasteiger partial charge in [0.15, 0.2) is 0 Å². The zero-order valence-electron chi connectivity index (χ0n) is 21.9. The van der Waals surface area contributed by atoms with Crippen LogP contribution in [-0.4, -0.2) is 42.8 Å². The van der Waals surface area contributed by atoms with E-state index >= 15 is 0 Å². The number of carbonyl (C=O) groups is 3. The standard InChI is InChI=1S/C30H33N5O3/c1-4-5-11-21-16-18-23(19-17-21)32-30(38)31-20(2)28(36)34-27-29(37)35(3)25-15-10-9-14-24(25)26(33-27)22-12-7-6-8-13-22/h6-10,12-20,27H,4-5,11H2,1-3H3,(H,34,36)(H2,31,32,38)/t20-,27+/m0/s1. The quantitative estimate of drug-likeness (QED) is 0.415. The van der Waals surface area contributed by atoms with Gasteiger partial charge in [0.1, 0.15) is 6.04 Å². The van der Waals surface area contributed by atoms with Gasteiger partial charge >= 0.3 is 6.03 Å². The minimum atomic E-state index is -1.15. The number of aryl methyl sites for hydroxylation is 1. The van der Waals surface area contributed by atoms with Gasteiger partial charge in [-0.05, 0) is 43.5 Å². The van der Waals surface area contributed by atoms with Crippen molar-refractivity contribution < 1.29 is 14.4 Å². The van der Waals surface area contributed by atoms with E-state index in [9.17, 15) is 14.4 Å². The summed E-state index contributed by atoms with van der Waals surface area (Å²) in [5, 5.41) is 8.09. The third-order valence-corrected chi connectivity index (χ3v) is 6.44. The lowest BCUT2D eigenvalue weighted by Crippen LogP contribution is -2.52. The van der Waals surface area contributed by atoms with Crippen molar-refractivity contribution in [3.63, 3.8) is 0 Å². The summed E-state index contributed by atoms with van der Waals surface area (Å²) < 4.78 is 0. The summed E-state index contributed by atoms with van der Waals surface area (Å²) in [5.74, 6) is -0.902. The Morgan fingerprint density at radius 1 is 0.974 bits per heavy atom. The zero-order chi connectivity index (χ0) is 27.1. The molecule has 0 fully saturated rings. The summed E-state index contributed by atoms with van der Waals surface area (Å²) in [5.41, 5.74) is 4.76. The van der Waals surface area contributed by atoms with E-state index in [0.717, 1.165) is 30.4 Å². The van der Waals surface area contributed by atoms with Crippen LogP contribution in [0.5, 0.6) is 0 Å². The number of rotatable bonds is 8. The fourth-order valence-corrected chi connectivity index (χ4v) is 4.27. The maximum absolute atomic E-state index is 13.3.